The van der Waals surface area contributed by atoms with Gasteiger partial charge in [0.2, 0.25) is 6.29 Å². The molecule has 18 atom stereocenters. The van der Waals surface area contributed by atoms with Crippen LogP contribution in [-0.2, 0) is 23.7 Å². The van der Waals surface area contributed by atoms with Gasteiger partial charge in [-0.15, -0.1) is 0 Å². The number of allylic oxidation sites excluding steroid dienone is 2. The average Bonchev–Trinajstić information content (AvgIpc) is 3.08. The molecule has 0 aromatic heterocycles. The fraction of sp³-hybridized carbons (Fsp3) is 0.927. The molecule has 6 N–H and O–H groups in total. The van der Waals surface area contributed by atoms with Gasteiger partial charge in [-0.1, -0.05) is 53.2 Å². The van der Waals surface area contributed by atoms with Crippen LogP contribution in [0.5, 0.6) is 0 Å². The molecular weight excluding hydrogens is 668 g/mol. The van der Waals surface area contributed by atoms with Gasteiger partial charge in [-0.25, -0.2) is 0 Å². The fourth-order valence-electron chi connectivity index (χ4n) is 13.1. The molecule has 11 nitrogen and oxygen atoms in total. The lowest BCUT2D eigenvalue weighted by molar-refractivity contribution is -0.324. The van der Waals surface area contributed by atoms with E-state index in [2.05, 4.69) is 47.6 Å². The van der Waals surface area contributed by atoms with Crippen molar-refractivity contribution in [1.29, 1.82) is 0 Å². The zero-order chi connectivity index (χ0) is 37.9. The molecule has 6 fully saturated rings. The van der Waals surface area contributed by atoms with Gasteiger partial charge in [-0.3, -0.25) is 4.79 Å². The summed E-state index contributed by atoms with van der Waals surface area (Å²) in [6.45, 7) is 17.4. The second-order valence-electron chi connectivity index (χ2n) is 20.0. The van der Waals surface area contributed by atoms with Gasteiger partial charge in [0.1, 0.15) is 36.6 Å². The number of fused-ring (bicyclic) bond motifs is 7. The highest BCUT2D eigenvalue weighted by molar-refractivity contribution is 5.79. The number of rotatable bonds is 4. The third-order valence-corrected chi connectivity index (χ3v) is 16.3. The number of aliphatic hydroxyl groups is 6. The smallest absolute Gasteiger partial charge is 0.315 e. The molecule has 5 aliphatic carbocycles. The Balaban J connectivity index is 1.14. The highest BCUT2D eigenvalue weighted by atomic mass is 16.7. The highest BCUT2D eigenvalue weighted by Gasteiger charge is 2.67. The van der Waals surface area contributed by atoms with Crippen LogP contribution in [0.25, 0.3) is 0 Å². The molecule has 296 valence electrons. The summed E-state index contributed by atoms with van der Waals surface area (Å²) in [5.41, 5.74) is 0.590. The van der Waals surface area contributed by atoms with Crippen molar-refractivity contribution < 1.29 is 54.4 Å². The topological polar surface area (TPSA) is 175 Å². The lowest BCUT2D eigenvalue weighted by Gasteiger charge is -2.68. The molecule has 2 aliphatic heterocycles. The first-order chi connectivity index (χ1) is 24.2. The lowest BCUT2D eigenvalue weighted by atomic mass is 9.37. The van der Waals surface area contributed by atoms with E-state index in [-0.39, 0.29) is 39.7 Å². The third kappa shape index (κ3) is 5.89. The maximum absolute atomic E-state index is 14.4. The summed E-state index contributed by atoms with van der Waals surface area (Å²) < 4.78 is 24.1. The maximum Gasteiger partial charge on any atom is 0.315 e. The second-order valence-corrected chi connectivity index (χ2v) is 20.0. The van der Waals surface area contributed by atoms with Gasteiger partial charge >= 0.3 is 5.97 Å². The van der Waals surface area contributed by atoms with Crippen molar-refractivity contribution in [3.63, 3.8) is 0 Å². The van der Waals surface area contributed by atoms with Gasteiger partial charge < -0.3 is 49.6 Å². The van der Waals surface area contributed by atoms with Crippen LogP contribution in [0.4, 0.5) is 0 Å². The lowest BCUT2D eigenvalue weighted by Crippen LogP contribution is -2.64. The molecule has 2 saturated heterocycles. The summed E-state index contributed by atoms with van der Waals surface area (Å²) in [6, 6.07) is 0. The molecule has 7 aliphatic rings. The Morgan fingerprint density at radius 3 is 1.92 bits per heavy atom. The molecule has 0 bridgehead atoms. The number of hydrogen-bond donors (Lipinski definition) is 6. The molecule has 0 spiro atoms. The van der Waals surface area contributed by atoms with Crippen molar-refractivity contribution in [2.24, 2.45) is 50.7 Å². The number of esters is 1. The Bertz CT molecular complexity index is 1400. The first-order valence-corrected chi connectivity index (χ1v) is 20.1. The van der Waals surface area contributed by atoms with E-state index in [4.69, 9.17) is 18.9 Å². The van der Waals surface area contributed by atoms with Crippen LogP contribution in [0.2, 0.25) is 0 Å². The molecule has 0 aromatic carbocycles. The summed E-state index contributed by atoms with van der Waals surface area (Å²) in [5, 5.41) is 62.9. The van der Waals surface area contributed by atoms with E-state index in [9.17, 15) is 35.4 Å². The Morgan fingerprint density at radius 2 is 1.27 bits per heavy atom. The van der Waals surface area contributed by atoms with E-state index in [0.29, 0.717) is 30.6 Å². The van der Waals surface area contributed by atoms with E-state index >= 15 is 0 Å². The third-order valence-electron chi connectivity index (χ3n) is 16.3. The van der Waals surface area contributed by atoms with Crippen LogP contribution in [-0.4, -0.2) is 104 Å². The first kappa shape index (κ1) is 39.1. The van der Waals surface area contributed by atoms with Gasteiger partial charge in [0, 0.05) is 0 Å². The minimum Gasteiger partial charge on any atom is -0.432 e. The standard InChI is InChI=1S/C41H66O11/c1-20-28(42)30(44)32(46)34(49-20)51-27-13-15-40(8)25(38(27,5)6)12-14-39(7)23-11-16-41(36(48)52-35-33(47)31(45)29(43)21(2)50-35)18-17-37(3,4)19-24(41)22(23)9-10-26(39)40/h9,20-21,23-35,42-47H,10-19H2,1-8H3/t20-,21-,23?,24-,25-,26-,27-,28-,29-,30+,31+,32+,33+,34?,35?,39-,40-,41+/m0/s1. The normalized spacial score (nSPS) is 54.0. The Kier molecular flexibility index (Phi) is 9.94. The van der Waals surface area contributed by atoms with E-state index in [1.54, 1.807) is 13.8 Å². The van der Waals surface area contributed by atoms with Crippen molar-refractivity contribution in [2.45, 2.75) is 187 Å². The number of carbonyl (C=O) groups excluding carboxylic acids is 1. The average molecular weight is 735 g/mol. The number of aliphatic hydroxyl groups excluding tert-OH is 6. The van der Waals surface area contributed by atoms with Crippen LogP contribution >= 0.6 is 0 Å². The highest BCUT2D eigenvalue weighted by Crippen LogP contribution is 2.72. The maximum atomic E-state index is 14.4. The van der Waals surface area contributed by atoms with Crippen molar-refractivity contribution in [3.8, 4) is 0 Å². The minimum absolute atomic E-state index is 0.0123. The molecule has 0 amide bonds. The van der Waals surface area contributed by atoms with Gasteiger partial charge in [0.15, 0.2) is 6.29 Å². The monoisotopic (exact) mass is 734 g/mol. The Hall–Kier alpha value is -1.15. The molecule has 11 heteroatoms. The Labute approximate surface area is 309 Å². The Morgan fingerprint density at radius 1 is 0.673 bits per heavy atom. The summed E-state index contributed by atoms with van der Waals surface area (Å²) in [5.74, 6) is 0.800. The zero-order valence-corrected chi connectivity index (χ0v) is 32.5. The van der Waals surface area contributed by atoms with Gasteiger partial charge in [0.25, 0.3) is 0 Å². The zero-order valence-electron chi connectivity index (χ0n) is 32.5. The molecule has 7 rings (SSSR count). The van der Waals surface area contributed by atoms with E-state index < -0.39 is 66.8 Å². The van der Waals surface area contributed by atoms with Crippen molar-refractivity contribution in [1.82, 2.24) is 0 Å². The summed E-state index contributed by atoms with van der Waals surface area (Å²) in [4.78, 5) is 14.4. The molecule has 2 heterocycles. The molecule has 4 saturated carbocycles. The van der Waals surface area contributed by atoms with Crippen LogP contribution in [0, 0.1) is 50.7 Å². The van der Waals surface area contributed by atoms with Crippen LogP contribution in [0.1, 0.15) is 120 Å². The molecule has 3 unspecified atom stereocenters. The fourth-order valence-corrected chi connectivity index (χ4v) is 13.1. The number of hydrogen-bond acceptors (Lipinski definition) is 11. The predicted molar refractivity (Wildman–Crippen MR) is 190 cm³/mol. The van der Waals surface area contributed by atoms with Crippen LogP contribution in [0.3, 0.4) is 0 Å². The first-order valence-electron chi connectivity index (χ1n) is 20.1. The summed E-state index contributed by atoms with van der Waals surface area (Å²) in [6.07, 6.45) is -0.668. The quantitative estimate of drug-likeness (QED) is 0.140. The van der Waals surface area contributed by atoms with Gasteiger partial charge in [-0.05, 0) is 123 Å². The predicted octanol–water partition coefficient (Wildman–Crippen LogP) is 3.98. The van der Waals surface area contributed by atoms with Crippen LogP contribution < -0.4 is 0 Å². The van der Waals surface area contributed by atoms with Crippen molar-refractivity contribution in [2.75, 3.05) is 0 Å². The van der Waals surface area contributed by atoms with Crippen molar-refractivity contribution >= 4 is 5.97 Å². The summed E-state index contributed by atoms with van der Waals surface area (Å²) in [7, 11) is 0. The van der Waals surface area contributed by atoms with Crippen molar-refractivity contribution in [3.05, 3.63) is 11.6 Å². The minimum atomic E-state index is -1.53. The van der Waals surface area contributed by atoms with Crippen LogP contribution in [0.15, 0.2) is 11.6 Å². The SMILES string of the molecule is C[C@@H]1OC(OC(=O)[C@@]23CCC4C(=CC[C@@H]5[C@@]6(C)CC[C@H](OC7O[C@@H](C)[C@H](O)[C@@H](O)[C@H]7O)C(C)(C)[C@@H]6CC[C@@]45C)[C@@H]2CC(C)(C)CC3)[C@H](O)[C@H](O)[C@H]1O. The molecule has 0 radical (unpaired) electrons. The molecule has 52 heavy (non-hydrogen) atoms. The number of ether oxygens (including phenoxy) is 4. The van der Waals surface area contributed by atoms with E-state index in [1.165, 1.54) is 5.57 Å². The molecule has 0 aromatic rings. The molecular formula is C41H66O11. The number of carbonyl (C=O) groups is 1. The second kappa shape index (κ2) is 13.2. The summed E-state index contributed by atoms with van der Waals surface area (Å²) >= 11 is 0. The van der Waals surface area contributed by atoms with Gasteiger partial charge in [-0.2, -0.15) is 0 Å². The van der Waals surface area contributed by atoms with Gasteiger partial charge in [0.05, 0.1) is 23.7 Å². The van der Waals surface area contributed by atoms with E-state index in [1.807, 2.05) is 0 Å². The largest absolute Gasteiger partial charge is 0.432 e. The van der Waals surface area contributed by atoms with E-state index in [0.717, 1.165) is 51.4 Å².